The van der Waals surface area contributed by atoms with Gasteiger partial charge >= 0.3 is 5.97 Å². The van der Waals surface area contributed by atoms with Crippen molar-refractivity contribution in [3.8, 4) is 5.69 Å². The van der Waals surface area contributed by atoms with Crippen LogP contribution in [0.3, 0.4) is 0 Å². The van der Waals surface area contributed by atoms with Gasteiger partial charge in [-0.3, -0.25) is 9.59 Å². The number of fused-ring (bicyclic) bond motifs is 1. The number of nitrogens with zero attached hydrogens (tertiary/aromatic N) is 5. The van der Waals surface area contributed by atoms with Crippen LogP contribution < -0.4 is 11.1 Å². The highest BCUT2D eigenvalue weighted by Crippen LogP contribution is 2.19. The first-order chi connectivity index (χ1) is 14.0. The topological polar surface area (TPSA) is 149 Å². The van der Waals surface area contributed by atoms with Gasteiger partial charge in [-0.25, -0.2) is 4.98 Å². The van der Waals surface area contributed by atoms with Gasteiger partial charge in [0.1, 0.15) is 0 Å². The second-order valence-corrected chi connectivity index (χ2v) is 6.21. The van der Waals surface area contributed by atoms with Crippen molar-refractivity contribution in [2.24, 2.45) is 5.73 Å². The Morgan fingerprint density at radius 2 is 1.93 bits per heavy atom. The molecule has 4 rings (SSSR count). The summed E-state index contributed by atoms with van der Waals surface area (Å²) in [4.78, 5) is 30.8. The summed E-state index contributed by atoms with van der Waals surface area (Å²) >= 11 is 0. The van der Waals surface area contributed by atoms with Crippen molar-refractivity contribution in [3.63, 3.8) is 0 Å². The van der Waals surface area contributed by atoms with Crippen LogP contribution in [0.15, 0.2) is 54.7 Å². The third-order valence-corrected chi connectivity index (χ3v) is 4.13. The SMILES string of the molecule is NC(=O)c1ccc(Nc2ncc3nnn(-c4cccc(CC(=O)O)c4)c3n2)cc1. The van der Waals surface area contributed by atoms with E-state index in [4.69, 9.17) is 10.8 Å². The number of rotatable bonds is 6. The molecule has 0 aliphatic carbocycles. The molecule has 0 fully saturated rings. The summed E-state index contributed by atoms with van der Waals surface area (Å²) in [7, 11) is 0. The van der Waals surface area contributed by atoms with Crippen LogP contribution in [0.4, 0.5) is 11.6 Å². The highest BCUT2D eigenvalue weighted by Gasteiger charge is 2.12. The smallest absolute Gasteiger partial charge is 0.307 e. The Morgan fingerprint density at radius 1 is 1.14 bits per heavy atom. The third kappa shape index (κ3) is 3.86. The standard InChI is InChI=1S/C19H15N7O3/c20-17(29)12-4-6-13(7-5-12)22-19-21-10-15-18(23-19)26(25-24-15)14-3-1-2-11(8-14)9-16(27)28/h1-8,10H,9H2,(H2,20,29)(H,27,28)(H,21,22,23). The second kappa shape index (κ2) is 7.35. The van der Waals surface area contributed by atoms with Crippen molar-refractivity contribution in [1.82, 2.24) is 25.0 Å². The number of carboxylic acids is 1. The normalized spacial score (nSPS) is 10.8. The van der Waals surface area contributed by atoms with Crippen molar-refractivity contribution >= 4 is 34.7 Å². The summed E-state index contributed by atoms with van der Waals surface area (Å²) in [5, 5.41) is 20.2. The average Bonchev–Trinajstić information content (AvgIpc) is 3.11. The fourth-order valence-corrected chi connectivity index (χ4v) is 2.78. The molecule has 4 aromatic rings. The zero-order chi connectivity index (χ0) is 20.4. The molecule has 0 unspecified atom stereocenters. The van der Waals surface area contributed by atoms with Gasteiger partial charge in [-0.05, 0) is 42.0 Å². The van der Waals surface area contributed by atoms with E-state index in [0.29, 0.717) is 39.6 Å². The number of carboxylic acid groups (broad SMARTS) is 1. The molecule has 0 aliphatic heterocycles. The first-order valence-corrected chi connectivity index (χ1v) is 8.56. The van der Waals surface area contributed by atoms with E-state index >= 15 is 0 Å². The summed E-state index contributed by atoms with van der Waals surface area (Å²) in [5.74, 6) is -1.11. The molecule has 29 heavy (non-hydrogen) atoms. The quantitative estimate of drug-likeness (QED) is 0.451. The predicted octanol–water partition coefficient (Wildman–Crippen LogP) is 1.68. The summed E-state index contributed by atoms with van der Waals surface area (Å²) in [5.41, 5.74) is 8.55. The number of primary amides is 1. The van der Waals surface area contributed by atoms with E-state index in [1.54, 1.807) is 48.5 Å². The van der Waals surface area contributed by atoms with Crippen LogP contribution in [0.5, 0.6) is 0 Å². The molecule has 0 radical (unpaired) electrons. The zero-order valence-corrected chi connectivity index (χ0v) is 15.0. The second-order valence-electron chi connectivity index (χ2n) is 6.21. The lowest BCUT2D eigenvalue weighted by molar-refractivity contribution is -0.136. The molecule has 4 N–H and O–H groups in total. The molecule has 10 nitrogen and oxygen atoms in total. The molecule has 2 aromatic carbocycles. The van der Waals surface area contributed by atoms with Gasteiger partial charge in [0.15, 0.2) is 11.2 Å². The fraction of sp³-hybridized carbons (Fsp3) is 0.0526. The van der Waals surface area contributed by atoms with Gasteiger partial charge in [0.05, 0.1) is 18.3 Å². The highest BCUT2D eigenvalue weighted by molar-refractivity contribution is 5.93. The predicted molar refractivity (Wildman–Crippen MR) is 104 cm³/mol. The summed E-state index contributed by atoms with van der Waals surface area (Å²) in [6, 6.07) is 13.6. The molecule has 0 saturated carbocycles. The van der Waals surface area contributed by atoms with E-state index in [1.807, 2.05) is 0 Å². The number of carbonyl (C=O) groups excluding carboxylic acids is 1. The van der Waals surface area contributed by atoms with E-state index in [1.165, 1.54) is 10.9 Å². The first kappa shape index (κ1) is 18.0. The van der Waals surface area contributed by atoms with Gasteiger partial charge in [-0.1, -0.05) is 17.3 Å². The highest BCUT2D eigenvalue weighted by atomic mass is 16.4. The number of aliphatic carboxylic acids is 1. The Balaban J connectivity index is 1.66. The van der Waals surface area contributed by atoms with Crippen molar-refractivity contribution in [1.29, 1.82) is 0 Å². The molecule has 1 amide bonds. The number of anilines is 2. The number of hydrogen-bond donors (Lipinski definition) is 3. The molecular weight excluding hydrogens is 374 g/mol. The molecule has 0 atom stereocenters. The maximum atomic E-state index is 11.2. The summed E-state index contributed by atoms with van der Waals surface area (Å²) in [6.07, 6.45) is 1.44. The Bertz CT molecular complexity index is 1220. The maximum Gasteiger partial charge on any atom is 0.307 e. The number of benzene rings is 2. The first-order valence-electron chi connectivity index (χ1n) is 8.56. The molecule has 0 saturated heterocycles. The van der Waals surface area contributed by atoms with Gasteiger partial charge in [0.2, 0.25) is 11.9 Å². The Kier molecular flexibility index (Phi) is 4.57. The van der Waals surface area contributed by atoms with E-state index in [2.05, 4.69) is 25.6 Å². The number of aromatic nitrogens is 5. The molecular formula is C19H15N7O3. The average molecular weight is 389 g/mol. The van der Waals surface area contributed by atoms with Crippen molar-refractivity contribution < 1.29 is 14.7 Å². The number of nitrogens with two attached hydrogens (primary N) is 1. The lowest BCUT2D eigenvalue weighted by Gasteiger charge is -2.07. The van der Waals surface area contributed by atoms with Crippen LogP contribution in [0.25, 0.3) is 16.9 Å². The van der Waals surface area contributed by atoms with E-state index in [0.717, 1.165) is 0 Å². The minimum atomic E-state index is -0.915. The monoisotopic (exact) mass is 389 g/mol. The molecule has 0 aliphatic rings. The van der Waals surface area contributed by atoms with Gasteiger partial charge < -0.3 is 16.2 Å². The van der Waals surface area contributed by atoms with E-state index in [-0.39, 0.29) is 6.42 Å². The summed E-state index contributed by atoms with van der Waals surface area (Å²) in [6.45, 7) is 0. The van der Waals surface area contributed by atoms with Crippen molar-refractivity contribution in [2.45, 2.75) is 6.42 Å². The van der Waals surface area contributed by atoms with Gasteiger partial charge in [0, 0.05) is 11.3 Å². The Labute approximate surface area is 164 Å². The lowest BCUT2D eigenvalue weighted by atomic mass is 10.1. The number of carbonyl (C=O) groups is 2. The fourth-order valence-electron chi connectivity index (χ4n) is 2.78. The van der Waals surface area contributed by atoms with Crippen LogP contribution in [0, 0.1) is 0 Å². The molecule has 144 valence electrons. The molecule has 2 aromatic heterocycles. The molecule has 0 spiro atoms. The van der Waals surface area contributed by atoms with Crippen molar-refractivity contribution in [2.75, 3.05) is 5.32 Å². The van der Waals surface area contributed by atoms with Gasteiger partial charge in [-0.15, -0.1) is 5.10 Å². The minimum Gasteiger partial charge on any atom is -0.481 e. The molecule has 2 heterocycles. The third-order valence-electron chi connectivity index (χ3n) is 4.13. The Hall–Kier alpha value is -4.34. The molecule has 10 heteroatoms. The zero-order valence-electron chi connectivity index (χ0n) is 15.0. The number of nitrogens with one attached hydrogen (secondary N) is 1. The van der Waals surface area contributed by atoms with E-state index < -0.39 is 11.9 Å². The lowest BCUT2D eigenvalue weighted by Crippen LogP contribution is -2.10. The van der Waals surface area contributed by atoms with Crippen LogP contribution in [0.2, 0.25) is 0 Å². The van der Waals surface area contributed by atoms with Crippen LogP contribution in [-0.2, 0) is 11.2 Å². The maximum absolute atomic E-state index is 11.2. The number of hydrogen-bond acceptors (Lipinski definition) is 7. The van der Waals surface area contributed by atoms with E-state index in [9.17, 15) is 9.59 Å². The van der Waals surface area contributed by atoms with Crippen LogP contribution in [-0.4, -0.2) is 41.9 Å². The molecule has 0 bridgehead atoms. The Morgan fingerprint density at radius 3 is 2.66 bits per heavy atom. The van der Waals surface area contributed by atoms with Gasteiger partial charge in [-0.2, -0.15) is 9.67 Å². The largest absolute Gasteiger partial charge is 0.481 e. The minimum absolute atomic E-state index is 0.0937. The van der Waals surface area contributed by atoms with Crippen LogP contribution >= 0.6 is 0 Å². The van der Waals surface area contributed by atoms with Crippen LogP contribution in [0.1, 0.15) is 15.9 Å². The van der Waals surface area contributed by atoms with Crippen molar-refractivity contribution in [3.05, 3.63) is 65.9 Å². The number of amides is 1. The summed E-state index contributed by atoms with van der Waals surface area (Å²) < 4.78 is 1.52. The van der Waals surface area contributed by atoms with Gasteiger partial charge in [0.25, 0.3) is 0 Å².